The van der Waals surface area contributed by atoms with E-state index in [1.54, 1.807) is 6.07 Å². The Hall–Kier alpha value is -0.450. The highest BCUT2D eigenvalue weighted by Crippen LogP contribution is 2.50. The lowest BCUT2D eigenvalue weighted by molar-refractivity contribution is 0.0770. The van der Waals surface area contributed by atoms with E-state index in [-0.39, 0.29) is 17.3 Å². The first-order chi connectivity index (χ1) is 8.63. The highest BCUT2D eigenvalue weighted by Gasteiger charge is 2.44. The standard InChI is InChI=1S/C14H20BrFN2/c1-17-9-14(6-3-7-14)13(18-2)11-8-10(15)4-5-12(11)16/h4-5,8,13,17-18H,3,6-7,9H2,1-2H3. The molecule has 2 nitrogen and oxygen atoms in total. The summed E-state index contributed by atoms with van der Waals surface area (Å²) in [6, 6.07) is 5.25. The fraction of sp³-hybridized carbons (Fsp3) is 0.571. The first-order valence-corrected chi connectivity index (χ1v) is 7.19. The molecule has 2 rings (SSSR count). The summed E-state index contributed by atoms with van der Waals surface area (Å²) in [5.41, 5.74) is 0.910. The van der Waals surface area contributed by atoms with Crippen LogP contribution in [0.4, 0.5) is 4.39 Å². The Labute approximate surface area is 116 Å². The van der Waals surface area contributed by atoms with Crippen molar-refractivity contribution in [3.05, 3.63) is 34.1 Å². The largest absolute Gasteiger partial charge is 0.319 e. The van der Waals surface area contributed by atoms with E-state index in [0.29, 0.717) is 0 Å². The predicted octanol–water partition coefficient (Wildman–Crippen LogP) is 3.24. The zero-order chi connectivity index (χ0) is 13.2. The molecular formula is C14H20BrFN2. The summed E-state index contributed by atoms with van der Waals surface area (Å²) < 4.78 is 15.0. The van der Waals surface area contributed by atoms with Gasteiger partial charge in [-0.05, 0) is 45.1 Å². The molecule has 1 aliphatic rings. The van der Waals surface area contributed by atoms with Crippen LogP contribution in [-0.4, -0.2) is 20.6 Å². The topological polar surface area (TPSA) is 24.1 Å². The summed E-state index contributed by atoms with van der Waals surface area (Å²) in [5.74, 6) is -0.125. The van der Waals surface area contributed by atoms with Crippen molar-refractivity contribution >= 4 is 15.9 Å². The van der Waals surface area contributed by atoms with Crippen molar-refractivity contribution in [3.8, 4) is 0 Å². The van der Waals surface area contributed by atoms with Gasteiger partial charge in [-0.1, -0.05) is 22.4 Å². The number of halogens is 2. The first kappa shape index (κ1) is 14.0. The van der Waals surface area contributed by atoms with Gasteiger partial charge in [0.1, 0.15) is 5.82 Å². The third-order valence-electron chi connectivity index (χ3n) is 4.05. The Morgan fingerprint density at radius 3 is 2.61 bits per heavy atom. The Morgan fingerprint density at radius 1 is 1.39 bits per heavy atom. The Bertz CT molecular complexity index is 418. The van der Waals surface area contributed by atoms with Gasteiger partial charge in [-0.3, -0.25) is 0 Å². The lowest BCUT2D eigenvalue weighted by Gasteiger charge is -2.48. The Morgan fingerprint density at radius 2 is 2.11 bits per heavy atom. The predicted molar refractivity (Wildman–Crippen MR) is 76.1 cm³/mol. The van der Waals surface area contributed by atoms with Crippen LogP contribution in [0.3, 0.4) is 0 Å². The van der Waals surface area contributed by atoms with Crippen LogP contribution in [0.5, 0.6) is 0 Å². The second-order valence-corrected chi connectivity index (χ2v) is 6.05. The van der Waals surface area contributed by atoms with Gasteiger partial charge in [0.25, 0.3) is 0 Å². The lowest BCUT2D eigenvalue weighted by atomic mass is 9.62. The smallest absolute Gasteiger partial charge is 0.128 e. The molecule has 18 heavy (non-hydrogen) atoms. The van der Waals surface area contributed by atoms with Gasteiger partial charge in [-0.15, -0.1) is 0 Å². The molecule has 1 aliphatic carbocycles. The third kappa shape index (κ3) is 2.46. The molecule has 1 saturated carbocycles. The van der Waals surface area contributed by atoms with E-state index in [4.69, 9.17) is 0 Å². The van der Waals surface area contributed by atoms with Crippen LogP contribution >= 0.6 is 15.9 Å². The summed E-state index contributed by atoms with van der Waals surface area (Å²) in [6.45, 7) is 0.921. The van der Waals surface area contributed by atoms with Gasteiger partial charge in [0.2, 0.25) is 0 Å². The van der Waals surface area contributed by atoms with Crippen molar-refractivity contribution in [1.82, 2.24) is 10.6 Å². The zero-order valence-electron chi connectivity index (χ0n) is 10.9. The van der Waals surface area contributed by atoms with Gasteiger partial charge in [0, 0.05) is 28.0 Å². The molecule has 0 radical (unpaired) electrons. The van der Waals surface area contributed by atoms with Crippen LogP contribution in [0.15, 0.2) is 22.7 Å². The van der Waals surface area contributed by atoms with Crippen molar-refractivity contribution in [2.75, 3.05) is 20.6 Å². The van der Waals surface area contributed by atoms with E-state index in [1.165, 1.54) is 12.5 Å². The van der Waals surface area contributed by atoms with E-state index in [9.17, 15) is 4.39 Å². The molecule has 0 spiro atoms. The van der Waals surface area contributed by atoms with Crippen molar-refractivity contribution in [2.45, 2.75) is 25.3 Å². The molecule has 0 aromatic heterocycles. The monoisotopic (exact) mass is 314 g/mol. The van der Waals surface area contributed by atoms with Gasteiger partial charge in [-0.2, -0.15) is 0 Å². The van der Waals surface area contributed by atoms with E-state index in [2.05, 4.69) is 26.6 Å². The van der Waals surface area contributed by atoms with E-state index in [0.717, 1.165) is 29.4 Å². The summed E-state index contributed by atoms with van der Waals surface area (Å²) in [7, 11) is 3.88. The molecule has 100 valence electrons. The van der Waals surface area contributed by atoms with Crippen molar-refractivity contribution in [1.29, 1.82) is 0 Å². The van der Waals surface area contributed by atoms with Gasteiger partial charge < -0.3 is 10.6 Å². The fourth-order valence-electron chi connectivity index (χ4n) is 3.08. The number of rotatable bonds is 5. The van der Waals surface area contributed by atoms with E-state index >= 15 is 0 Å². The van der Waals surface area contributed by atoms with E-state index < -0.39 is 0 Å². The molecular weight excluding hydrogens is 295 g/mol. The molecule has 4 heteroatoms. The minimum atomic E-state index is -0.125. The minimum absolute atomic E-state index is 0.0659. The number of hydrogen-bond acceptors (Lipinski definition) is 2. The molecule has 0 amide bonds. The maximum atomic E-state index is 14.1. The second kappa shape index (κ2) is 5.68. The SMILES string of the molecule is CNCC1(C(NC)c2cc(Br)ccc2F)CCC1. The summed E-state index contributed by atoms with van der Waals surface area (Å²) in [4.78, 5) is 0. The van der Waals surface area contributed by atoms with Crippen LogP contribution in [0, 0.1) is 11.2 Å². The first-order valence-electron chi connectivity index (χ1n) is 6.40. The number of hydrogen-bond donors (Lipinski definition) is 2. The van der Waals surface area contributed by atoms with Crippen LogP contribution in [0.1, 0.15) is 30.9 Å². The fourth-order valence-corrected chi connectivity index (χ4v) is 3.46. The maximum absolute atomic E-state index is 14.1. The Balaban J connectivity index is 2.35. The van der Waals surface area contributed by atoms with Gasteiger partial charge in [0.15, 0.2) is 0 Å². The molecule has 1 aromatic rings. The molecule has 0 saturated heterocycles. The summed E-state index contributed by atoms with van der Waals surface area (Å²) in [6.07, 6.45) is 3.52. The summed E-state index contributed by atoms with van der Waals surface area (Å²) in [5, 5.41) is 6.57. The molecule has 1 aromatic carbocycles. The van der Waals surface area contributed by atoms with Gasteiger partial charge in [0.05, 0.1) is 0 Å². The molecule has 0 aliphatic heterocycles. The van der Waals surface area contributed by atoms with Crippen molar-refractivity contribution < 1.29 is 4.39 Å². The van der Waals surface area contributed by atoms with Gasteiger partial charge in [-0.25, -0.2) is 4.39 Å². The van der Waals surface area contributed by atoms with E-state index in [1.807, 2.05) is 20.2 Å². The minimum Gasteiger partial charge on any atom is -0.319 e. The molecule has 1 fully saturated rings. The van der Waals surface area contributed by atoms with Crippen LogP contribution in [0.2, 0.25) is 0 Å². The number of benzene rings is 1. The number of nitrogens with one attached hydrogen (secondary N) is 2. The lowest BCUT2D eigenvalue weighted by Crippen LogP contribution is -2.48. The van der Waals surface area contributed by atoms with Crippen molar-refractivity contribution in [2.24, 2.45) is 5.41 Å². The van der Waals surface area contributed by atoms with Gasteiger partial charge >= 0.3 is 0 Å². The second-order valence-electron chi connectivity index (χ2n) is 5.13. The highest BCUT2D eigenvalue weighted by atomic mass is 79.9. The average Bonchev–Trinajstić information content (AvgIpc) is 2.31. The van der Waals surface area contributed by atoms with Crippen molar-refractivity contribution in [3.63, 3.8) is 0 Å². The molecule has 1 unspecified atom stereocenters. The molecule has 2 N–H and O–H groups in total. The molecule has 0 heterocycles. The third-order valence-corrected chi connectivity index (χ3v) is 4.54. The zero-order valence-corrected chi connectivity index (χ0v) is 12.5. The maximum Gasteiger partial charge on any atom is 0.128 e. The normalized spacial score (nSPS) is 19.3. The molecule has 1 atom stereocenters. The Kier molecular flexibility index (Phi) is 4.41. The highest BCUT2D eigenvalue weighted by molar-refractivity contribution is 9.10. The van der Waals surface area contributed by atoms with Crippen LogP contribution in [0.25, 0.3) is 0 Å². The van der Waals surface area contributed by atoms with Crippen LogP contribution in [-0.2, 0) is 0 Å². The quantitative estimate of drug-likeness (QED) is 0.872. The average molecular weight is 315 g/mol. The molecule has 0 bridgehead atoms. The van der Waals surface area contributed by atoms with Crippen LogP contribution < -0.4 is 10.6 Å². The summed E-state index contributed by atoms with van der Waals surface area (Å²) >= 11 is 3.43.